The van der Waals surface area contributed by atoms with E-state index >= 15 is 0 Å². The van der Waals surface area contributed by atoms with E-state index in [4.69, 9.17) is 0 Å². The molecule has 0 saturated carbocycles. The minimum absolute atomic E-state index is 0.0484. The van der Waals surface area contributed by atoms with Crippen LogP contribution in [0.3, 0.4) is 0 Å². The third kappa shape index (κ3) is 3.58. The number of aromatic nitrogens is 2. The van der Waals surface area contributed by atoms with Gasteiger partial charge in [-0.25, -0.2) is 9.98 Å². The molecule has 30 heavy (non-hydrogen) atoms. The van der Waals surface area contributed by atoms with Gasteiger partial charge in [0.25, 0.3) is 0 Å². The summed E-state index contributed by atoms with van der Waals surface area (Å²) in [6.07, 6.45) is 3.40. The summed E-state index contributed by atoms with van der Waals surface area (Å²) in [6, 6.07) is 25.9. The highest BCUT2D eigenvalue weighted by atomic mass is 16.3. The van der Waals surface area contributed by atoms with Gasteiger partial charge in [-0.3, -0.25) is 0 Å². The maximum Gasteiger partial charge on any atom is 0.238 e. The molecular formula is C24H19N5O. The predicted octanol–water partition coefficient (Wildman–Crippen LogP) is 3.58. The molecule has 0 fully saturated rings. The van der Waals surface area contributed by atoms with Crippen LogP contribution >= 0.6 is 0 Å². The number of nitrogens with one attached hydrogen (secondary N) is 1. The van der Waals surface area contributed by atoms with Gasteiger partial charge >= 0.3 is 0 Å². The second-order valence-electron chi connectivity index (χ2n) is 6.97. The highest BCUT2D eigenvalue weighted by Crippen LogP contribution is 2.28. The Labute approximate surface area is 173 Å². The number of hydrogen-bond donors (Lipinski definition) is 2. The average Bonchev–Trinajstić information content (AvgIpc) is 3.39. The Bertz CT molecular complexity index is 1330. The number of para-hydroxylation sites is 1. The van der Waals surface area contributed by atoms with Gasteiger partial charge in [-0.15, -0.1) is 0 Å². The minimum atomic E-state index is -0.0484. The van der Waals surface area contributed by atoms with Crippen molar-refractivity contribution in [2.24, 2.45) is 9.98 Å². The highest BCUT2D eigenvalue weighted by molar-refractivity contribution is 5.67. The molecule has 146 valence electrons. The lowest BCUT2D eigenvalue weighted by molar-refractivity contribution is 0.455. The number of anilines is 2. The van der Waals surface area contributed by atoms with E-state index in [1.165, 1.54) is 0 Å². The van der Waals surface area contributed by atoms with Crippen molar-refractivity contribution in [1.82, 2.24) is 9.97 Å². The molecule has 6 nitrogen and oxygen atoms in total. The first-order valence-corrected chi connectivity index (χ1v) is 9.64. The van der Waals surface area contributed by atoms with E-state index in [9.17, 15) is 5.11 Å². The van der Waals surface area contributed by atoms with Crippen molar-refractivity contribution in [1.29, 1.82) is 0 Å². The zero-order valence-electron chi connectivity index (χ0n) is 16.1. The van der Waals surface area contributed by atoms with Crippen LogP contribution in [0.4, 0.5) is 17.3 Å². The summed E-state index contributed by atoms with van der Waals surface area (Å²) in [5.74, 6) is 0.524. The third-order valence-electron chi connectivity index (χ3n) is 4.91. The van der Waals surface area contributed by atoms with Gasteiger partial charge in [0.1, 0.15) is 12.0 Å². The molecule has 0 atom stereocenters. The number of H-pyrrole nitrogens is 1. The number of hydrogen-bond acceptors (Lipinski definition) is 5. The molecule has 5 rings (SSSR count). The summed E-state index contributed by atoms with van der Waals surface area (Å²) in [7, 11) is 0. The molecule has 0 saturated heterocycles. The van der Waals surface area contributed by atoms with Gasteiger partial charge in [0, 0.05) is 5.69 Å². The van der Waals surface area contributed by atoms with Crippen LogP contribution in [0, 0.1) is 0 Å². The van der Waals surface area contributed by atoms with E-state index in [2.05, 4.69) is 32.1 Å². The Kier molecular flexibility index (Phi) is 4.57. The fourth-order valence-electron chi connectivity index (χ4n) is 3.42. The maximum atomic E-state index is 10.5. The number of aliphatic imine (C=N–C) groups is 1. The van der Waals surface area contributed by atoms with Gasteiger partial charge in [-0.05, 0) is 41.1 Å². The molecule has 1 aliphatic rings. The first-order chi connectivity index (χ1) is 14.8. The average molecular weight is 393 g/mol. The van der Waals surface area contributed by atoms with Crippen LogP contribution in [0.1, 0.15) is 11.3 Å². The fourth-order valence-corrected chi connectivity index (χ4v) is 3.42. The number of rotatable bonds is 5. The summed E-state index contributed by atoms with van der Waals surface area (Å²) in [5.41, 5.74) is 3.48. The monoisotopic (exact) mass is 393 g/mol. The number of imidazole rings is 1. The van der Waals surface area contributed by atoms with Crippen molar-refractivity contribution >= 4 is 29.7 Å². The van der Waals surface area contributed by atoms with Crippen molar-refractivity contribution in [2.45, 2.75) is 6.54 Å². The summed E-state index contributed by atoms with van der Waals surface area (Å²) < 4.78 is 0. The lowest BCUT2D eigenvalue weighted by atomic mass is 10.2. The van der Waals surface area contributed by atoms with Gasteiger partial charge in [-0.1, -0.05) is 54.6 Å². The lowest BCUT2D eigenvalue weighted by Gasteiger charge is -2.22. The zero-order valence-corrected chi connectivity index (χ0v) is 16.1. The lowest BCUT2D eigenvalue weighted by Crippen LogP contribution is -2.17. The standard InChI is InChI=1S/C24H19N5O/c30-23-22(14-18-11-12-20-21(13-18)26-16-25-20)27-24(28-23)29(19-9-5-2-6-10-19)15-17-7-3-1-4-8-17/h1-14,16,30H,15H2,(H,27,28). The molecule has 0 aliphatic carbocycles. The molecule has 0 radical (unpaired) electrons. The van der Waals surface area contributed by atoms with E-state index in [1.54, 1.807) is 6.34 Å². The number of aromatic amines is 1. The zero-order chi connectivity index (χ0) is 20.3. The maximum absolute atomic E-state index is 10.5. The van der Waals surface area contributed by atoms with Crippen LogP contribution < -0.4 is 15.5 Å². The Morgan fingerprint density at radius 1 is 0.933 bits per heavy atom. The quantitative estimate of drug-likeness (QED) is 0.544. The Morgan fingerprint density at radius 3 is 2.50 bits per heavy atom. The molecule has 2 heterocycles. The second kappa shape index (κ2) is 7.67. The van der Waals surface area contributed by atoms with Crippen LogP contribution in [0.5, 0.6) is 5.88 Å². The molecule has 0 amide bonds. The minimum Gasteiger partial charge on any atom is -0.492 e. The van der Waals surface area contributed by atoms with Gasteiger partial charge in [0.2, 0.25) is 11.8 Å². The van der Waals surface area contributed by atoms with E-state index in [0.717, 1.165) is 27.5 Å². The van der Waals surface area contributed by atoms with Crippen LogP contribution in [0.2, 0.25) is 0 Å². The Hall–Kier alpha value is -4.19. The van der Waals surface area contributed by atoms with Crippen LogP contribution in [-0.4, -0.2) is 21.4 Å². The van der Waals surface area contributed by atoms with Gasteiger partial charge in [-0.2, -0.15) is 4.98 Å². The normalized spacial score (nSPS) is 12.6. The molecule has 3 aromatic carbocycles. The summed E-state index contributed by atoms with van der Waals surface area (Å²) >= 11 is 0. The van der Waals surface area contributed by atoms with E-state index < -0.39 is 0 Å². The molecule has 2 N–H and O–H groups in total. The van der Waals surface area contributed by atoms with Crippen LogP contribution in [0.15, 0.2) is 88.8 Å². The van der Waals surface area contributed by atoms with Crippen molar-refractivity contribution in [2.75, 3.05) is 4.90 Å². The highest BCUT2D eigenvalue weighted by Gasteiger charge is 2.16. The fraction of sp³-hybridized carbons (Fsp3) is 0.0417. The van der Waals surface area contributed by atoms with Crippen LogP contribution in [-0.2, 0) is 6.54 Å². The molecule has 6 heteroatoms. The molecule has 1 aliphatic heterocycles. The van der Waals surface area contributed by atoms with E-state index in [0.29, 0.717) is 18.2 Å². The van der Waals surface area contributed by atoms with Gasteiger partial charge in [0.15, 0.2) is 0 Å². The first kappa shape index (κ1) is 17.9. The first-order valence-electron chi connectivity index (χ1n) is 9.64. The Balaban J connectivity index is 1.54. The van der Waals surface area contributed by atoms with E-state index in [1.807, 2.05) is 77.7 Å². The summed E-state index contributed by atoms with van der Waals surface area (Å²) in [4.78, 5) is 18.1. The SMILES string of the molecule is Oc1nc(N(Cc2ccccc2)c2ccccc2)[nH]c1C=c1ccc2c(c1)N=CN=2. The van der Waals surface area contributed by atoms with Crippen molar-refractivity contribution in [3.63, 3.8) is 0 Å². The third-order valence-corrected chi connectivity index (χ3v) is 4.91. The predicted molar refractivity (Wildman–Crippen MR) is 118 cm³/mol. The van der Waals surface area contributed by atoms with Crippen molar-refractivity contribution in [3.05, 3.63) is 101 Å². The Morgan fingerprint density at radius 2 is 1.70 bits per heavy atom. The molecule has 0 unspecified atom stereocenters. The van der Waals surface area contributed by atoms with Crippen molar-refractivity contribution in [3.8, 4) is 5.88 Å². The number of fused-ring (bicyclic) bond motifs is 1. The molecule has 1 aromatic heterocycles. The summed E-state index contributed by atoms with van der Waals surface area (Å²) in [5, 5.41) is 12.3. The smallest absolute Gasteiger partial charge is 0.238 e. The largest absolute Gasteiger partial charge is 0.492 e. The van der Waals surface area contributed by atoms with Crippen molar-refractivity contribution < 1.29 is 5.11 Å². The number of aromatic hydroxyl groups is 1. The number of nitrogens with zero attached hydrogens (tertiary/aromatic N) is 4. The van der Waals surface area contributed by atoms with Crippen LogP contribution in [0.25, 0.3) is 6.08 Å². The molecule has 0 spiro atoms. The topological polar surface area (TPSA) is 76.9 Å². The molecule has 4 aromatic rings. The summed E-state index contributed by atoms with van der Waals surface area (Å²) in [6.45, 7) is 0.617. The molecule has 0 bridgehead atoms. The van der Waals surface area contributed by atoms with Gasteiger partial charge < -0.3 is 15.0 Å². The molecular weight excluding hydrogens is 374 g/mol. The van der Waals surface area contributed by atoms with Gasteiger partial charge in [0.05, 0.1) is 17.6 Å². The van der Waals surface area contributed by atoms with E-state index in [-0.39, 0.29) is 5.88 Å². The second-order valence-corrected chi connectivity index (χ2v) is 6.97. The number of benzene rings is 3.